The molecule has 1 aliphatic rings. The molecule has 5 rings (SSSR count). The number of hydrogen-bond donors (Lipinski definition) is 0. The van der Waals surface area contributed by atoms with Gasteiger partial charge in [-0.25, -0.2) is 0 Å². The zero-order valence-electron chi connectivity index (χ0n) is 16.7. The molecule has 0 N–H and O–H groups in total. The van der Waals surface area contributed by atoms with Gasteiger partial charge < -0.3 is 4.42 Å². The van der Waals surface area contributed by atoms with Gasteiger partial charge in [-0.1, -0.05) is 27.6 Å². The molecule has 0 saturated carbocycles. The van der Waals surface area contributed by atoms with Gasteiger partial charge in [-0.3, -0.25) is 24.6 Å². The second-order valence-electron chi connectivity index (χ2n) is 7.58. The first kappa shape index (κ1) is 20.1. The van der Waals surface area contributed by atoms with Crippen LogP contribution in [0.4, 0.5) is 11.4 Å². The molecule has 1 unspecified atom stereocenters. The molecule has 0 saturated heterocycles. The Labute approximate surface area is 190 Å². The molecule has 1 atom stereocenters. The number of halogens is 1. The van der Waals surface area contributed by atoms with E-state index in [1.54, 1.807) is 48.5 Å². The molecule has 3 aromatic carbocycles. The Hall–Kier alpha value is -3.78. The van der Waals surface area contributed by atoms with Gasteiger partial charge in [0.05, 0.1) is 21.9 Å². The van der Waals surface area contributed by atoms with Crippen molar-refractivity contribution in [3.05, 3.63) is 114 Å². The van der Waals surface area contributed by atoms with Crippen molar-refractivity contribution in [2.45, 2.75) is 13.0 Å². The van der Waals surface area contributed by atoms with Gasteiger partial charge in [0.1, 0.15) is 5.58 Å². The lowest BCUT2D eigenvalue weighted by atomic mass is 9.97. The van der Waals surface area contributed by atoms with Crippen LogP contribution < -0.4 is 10.3 Å². The molecule has 2 heterocycles. The van der Waals surface area contributed by atoms with Crippen LogP contribution in [0.5, 0.6) is 0 Å². The van der Waals surface area contributed by atoms with Crippen molar-refractivity contribution in [1.29, 1.82) is 0 Å². The summed E-state index contributed by atoms with van der Waals surface area (Å²) in [6.07, 6.45) is 0. The van der Waals surface area contributed by atoms with E-state index in [-0.39, 0.29) is 22.4 Å². The molecule has 7 nitrogen and oxygen atoms in total. The number of fused-ring (bicyclic) bond motifs is 2. The zero-order valence-corrected chi connectivity index (χ0v) is 18.3. The molecule has 0 bridgehead atoms. The van der Waals surface area contributed by atoms with E-state index in [0.29, 0.717) is 22.2 Å². The molecule has 158 valence electrons. The number of amides is 1. The largest absolute Gasteiger partial charge is 0.450 e. The highest BCUT2D eigenvalue weighted by molar-refractivity contribution is 9.10. The van der Waals surface area contributed by atoms with Crippen LogP contribution in [-0.2, 0) is 0 Å². The van der Waals surface area contributed by atoms with E-state index in [9.17, 15) is 19.7 Å². The lowest BCUT2D eigenvalue weighted by Crippen LogP contribution is -2.29. The first-order valence-electron chi connectivity index (χ1n) is 9.76. The maximum absolute atomic E-state index is 13.6. The molecule has 8 heteroatoms. The molecule has 1 aliphatic heterocycles. The molecule has 0 aliphatic carbocycles. The maximum atomic E-state index is 13.6. The highest BCUT2D eigenvalue weighted by Gasteiger charge is 2.43. The van der Waals surface area contributed by atoms with Crippen LogP contribution in [0.1, 0.15) is 33.3 Å². The van der Waals surface area contributed by atoms with Crippen LogP contribution in [-0.4, -0.2) is 10.8 Å². The van der Waals surface area contributed by atoms with E-state index in [2.05, 4.69) is 15.9 Å². The van der Waals surface area contributed by atoms with Crippen LogP contribution in [0.25, 0.3) is 11.0 Å². The van der Waals surface area contributed by atoms with Crippen LogP contribution in [0.3, 0.4) is 0 Å². The molecule has 32 heavy (non-hydrogen) atoms. The fourth-order valence-corrected chi connectivity index (χ4v) is 4.31. The van der Waals surface area contributed by atoms with Crippen LogP contribution in [0.2, 0.25) is 0 Å². The lowest BCUT2D eigenvalue weighted by molar-refractivity contribution is -0.384. The Balaban J connectivity index is 1.78. The topological polar surface area (TPSA) is 93.7 Å². The van der Waals surface area contributed by atoms with Crippen LogP contribution in [0, 0.1) is 17.0 Å². The van der Waals surface area contributed by atoms with Crippen molar-refractivity contribution in [3.8, 4) is 0 Å². The summed E-state index contributed by atoms with van der Waals surface area (Å²) in [7, 11) is 0. The summed E-state index contributed by atoms with van der Waals surface area (Å²) in [6, 6.07) is 17.5. The molecule has 1 aromatic heterocycles. The van der Waals surface area contributed by atoms with Gasteiger partial charge >= 0.3 is 0 Å². The SMILES string of the molecule is Cc1ccc2oc3c(c(=O)c2c1)C(c1ccc([N+](=O)[O-])cc1)N(c1ccc(Br)cc1)C3=O. The Morgan fingerprint density at radius 3 is 2.34 bits per heavy atom. The third-order valence-electron chi connectivity index (χ3n) is 5.55. The van der Waals surface area contributed by atoms with E-state index in [1.165, 1.54) is 17.0 Å². The summed E-state index contributed by atoms with van der Waals surface area (Å²) in [5, 5.41) is 11.5. The van der Waals surface area contributed by atoms with Crippen molar-refractivity contribution in [2.75, 3.05) is 4.90 Å². The number of carbonyl (C=O) groups excluding carboxylic acids is 1. The molecular formula is C24H15BrN2O5. The summed E-state index contributed by atoms with van der Waals surface area (Å²) in [6.45, 7) is 1.87. The second kappa shape index (κ2) is 7.42. The predicted molar refractivity (Wildman–Crippen MR) is 123 cm³/mol. The lowest BCUT2D eigenvalue weighted by Gasteiger charge is -2.25. The number of non-ortho nitro benzene ring substituents is 1. The third kappa shape index (κ3) is 3.11. The quantitative estimate of drug-likeness (QED) is 0.278. The fourth-order valence-electron chi connectivity index (χ4n) is 4.05. The average Bonchev–Trinajstić information content (AvgIpc) is 3.07. The van der Waals surface area contributed by atoms with Crippen LogP contribution in [0.15, 0.2) is 80.4 Å². The van der Waals surface area contributed by atoms with Crippen LogP contribution >= 0.6 is 15.9 Å². The molecule has 1 amide bonds. The third-order valence-corrected chi connectivity index (χ3v) is 6.08. The highest BCUT2D eigenvalue weighted by atomic mass is 79.9. The van der Waals surface area contributed by atoms with Gasteiger partial charge in [0, 0.05) is 22.3 Å². The molecule has 0 fully saturated rings. The Kier molecular flexibility index (Phi) is 4.67. The number of hydrogen-bond acceptors (Lipinski definition) is 5. The van der Waals surface area contributed by atoms with Gasteiger partial charge in [-0.2, -0.15) is 0 Å². The van der Waals surface area contributed by atoms with E-state index in [1.807, 2.05) is 13.0 Å². The molecule has 0 radical (unpaired) electrons. The van der Waals surface area contributed by atoms with E-state index >= 15 is 0 Å². The van der Waals surface area contributed by atoms with Gasteiger partial charge in [-0.05, 0) is 61.0 Å². The number of nitrogens with zero attached hydrogens (tertiary/aromatic N) is 2. The number of nitro groups is 1. The highest BCUT2D eigenvalue weighted by Crippen LogP contribution is 2.41. The van der Waals surface area contributed by atoms with Gasteiger partial charge in [0.25, 0.3) is 11.6 Å². The summed E-state index contributed by atoms with van der Waals surface area (Å²) in [4.78, 5) is 39.1. The summed E-state index contributed by atoms with van der Waals surface area (Å²) >= 11 is 3.39. The minimum absolute atomic E-state index is 0.0161. The second-order valence-corrected chi connectivity index (χ2v) is 8.49. The number of rotatable bonds is 3. The van der Waals surface area contributed by atoms with Crippen molar-refractivity contribution in [3.63, 3.8) is 0 Å². The van der Waals surface area contributed by atoms with E-state index < -0.39 is 16.9 Å². The number of carbonyl (C=O) groups is 1. The Bertz CT molecular complexity index is 1460. The zero-order chi connectivity index (χ0) is 22.6. The van der Waals surface area contributed by atoms with Crippen molar-refractivity contribution >= 4 is 44.2 Å². The summed E-state index contributed by atoms with van der Waals surface area (Å²) in [5.41, 5.74) is 2.25. The number of nitro benzene ring substituents is 1. The van der Waals surface area contributed by atoms with Crippen molar-refractivity contribution in [2.24, 2.45) is 0 Å². The van der Waals surface area contributed by atoms with Crippen molar-refractivity contribution < 1.29 is 14.1 Å². The van der Waals surface area contributed by atoms with E-state index in [4.69, 9.17) is 4.42 Å². The molecular weight excluding hydrogens is 476 g/mol. The Morgan fingerprint density at radius 1 is 1.00 bits per heavy atom. The minimum Gasteiger partial charge on any atom is -0.450 e. The van der Waals surface area contributed by atoms with Crippen molar-refractivity contribution in [1.82, 2.24) is 0 Å². The number of anilines is 1. The maximum Gasteiger partial charge on any atom is 0.295 e. The fraction of sp³-hybridized carbons (Fsp3) is 0.0833. The number of benzene rings is 3. The first-order valence-corrected chi connectivity index (χ1v) is 10.6. The number of aryl methyl sites for hydroxylation is 1. The van der Waals surface area contributed by atoms with Gasteiger partial charge in [0.2, 0.25) is 5.76 Å². The summed E-state index contributed by atoms with van der Waals surface area (Å²) in [5.74, 6) is -0.456. The average molecular weight is 491 g/mol. The summed E-state index contributed by atoms with van der Waals surface area (Å²) < 4.78 is 6.77. The predicted octanol–water partition coefficient (Wildman–Crippen LogP) is 5.52. The standard InChI is InChI=1S/C24H15BrN2O5/c1-13-2-11-19-18(12-13)22(28)20-21(14-3-7-17(8-4-14)27(30)31)26(24(29)23(20)32-19)16-9-5-15(25)6-10-16/h2-12,21H,1H3. The first-order chi connectivity index (χ1) is 15.3. The monoisotopic (exact) mass is 490 g/mol. The van der Waals surface area contributed by atoms with E-state index in [0.717, 1.165) is 10.0 Å². The smallest absolute Gasteiger partial charge is 0.295 e. The minimum atomic E-state index is -0.777. The normalized spacial score (nSPS) is 15.2. The van der Waals surface area contributed by atoms with Gasteiger partial charge in [0.15, 0.2) is 5.43 Å². The Morgan fingerprint density at radius 2 is 1.69 bits per heavy atom. The molecule has 4 aromatic rings. The molecule has 0 spiro atoms. The van der Waals surface area contributed by atoms with Gasteiger partial charge in [-0.15, -0.1) is 0 Å².